The summed E-state index contributed by atoms with van der Waals surface area (Å²) in [7, 11) is 0. The summed E-state index contributed by atoms with van der Waals surface area (Å²) in [5, 5.41) is 5.61. The van der Waals surface area contributed by atoms with Gasteiger partial charge >= 0.3 is 6.03 Å². The lowest BCUT2D eigenvalue weighted by atomic mass is 10.1. The van der Waals surface area contributed by atoms with Crippen LogP contribution in [0.4, 0.5) is 10.5 Å². The van der Waals surface area contributed by atoms with Gasteiger partial charge in [0.05, 0.1) is 6.33 Å². The molecule has 0 aliphatic carbocycles. The first-order valence-corrected chi connectivity index (χ1v) is 8.53. The number of aromatic amines is 1. The summed E-state index contributed by atoms with van der Waals surface area (Å²) in [6.45, 7) is 2.48. The predicted octanol–water partition coefficient (Wildman–Crippen LogP) is 4.14. The van der Waals surface area contributed by atoms with E-state index in [2.05, 4.69) is 44.9 Å². The van der Waals surface area contributed by atoms with Gasteiger partial charge in [-0.1, -0.05) is 54.1 Å². The van der Waals surface area contributed by atoms with Crippen LogP contribution in [0.25, 0.3) is 6.08 Å². The monoisotopic (exact) mass is 346 g/mol. The molecular weight excluding hydrogens is 324 g/mol. The van der Waals surface area contributed by atoms with Gasteiger partial charge in [-0.3, -0.25) is 0 Å². The zero-order chi connectivity index (χ0) is 18.2. The van der Waals surface area contributed by atoms with Crippen molar-refractivity contribution in [2.24, 2.45) is 0 Å². The molecule has 0 fully saturated rings. The Hall–Kier alpha value is -3.34. The number of hydrogen-bond donors (Lipinski definition) is 3. The second-order valence-electron chi connectivity index (χ2n) is 6.10. The molecule has 0 saturated heterocycles. The van der Waals surface area contributed by atoms with Gasteiger partial charge in [0.1, 0.15) is 0 Å². The Morgan fingerprint density at radius 2 is 1.88 bits per heavy atom. The van der Waals surface area contributed by atoms with E-state index in [1.54, 1.807) is 6.33 Å². The average Bonchev–Trinajstić information content (AvgIpc) is 3.15. The number of nitrogens with one attached hydrogen (secondary N) is 3. The number of amides is 2. The molecule has 5 heteroatoms. The zero-order valence-corrected chi connectivity index (χ0v) is 14.7. The maximum Gasteiger partial charge on any atom is 0.319 e. The van der Waals surface area contributed by atoms with Crippen LogP contribution in [-0.4, -0.2) is 22.5 Å². The van der Waals surface area contributed by atoms with E-state index in [0.29, 0.717) is 6.54 Å². The lowest BCUT2D eigenvalue weighted by Crippen LogP contribution is -2.28. The topological polar surface area (TPSA) is 69.8 Å². The molecule has 0 bridgehead atoms. The van der Waals surface area contributed by atoms with Crippen molar-refractivity contribution in [3.8, 4) is 0 Å². The van der Waals surface area contributed by atoms with Crippen molar-refractivity contribution in [2.75, 3.05) is 11.9 Å². The van der Waals surface area contributed by atoms with E-state index in [9.17, 15) is 4.79 Å². The second kappa shape index (κ2) is 8.67. The highest BCUT2D eigenvalue weighted by Gasteiger charge is 1.99. The van der Waals surface area contributed by atoms with E-state index in [1.807, 2.05) is 49.5 Å². The molecule has 2 amide bonds. The van der Waals surface area contributed by atoms with E-state index in [0.717, 1.165) is 28.9 Å². The molecule has 0 saturated carbocycles. The average molecular weight is 346 g/mol. The molecular formula is C21H22N4O. The Labute approximate surface area is 153 Å². The first-order chi connectivity index (χ1) is 12.7. The Bertz CT molecular complexity index is 850. The first kappa shape index (κ1) is 17.5. The molecule has 0 spiro atoms. The molecule has 0 aliphatic rings. The fourth-order valence-corrected chi connectivity index (χ4v) is 2.51. The van der Waals surface area contributed by atoms with Gasteiger partial charge in [0.15, 0.2) is 0 Å². The SMILES string of the molecule is Cc1ccc(NC(=O)NC/C=C/c2ccc(Cc3cnc[nH]3)cc2)cc1. The third kappa shape index (κ3) is 5.34. The van der Waals surface area contributed by atoms with Gasteiger partial charge in [-0.25, -0.2) is 9.78 Å². The molecule has 26 heavy (non-hydrogen) atoms. The van der Waals surface area contributed by atoms with E-state index in [4.69, 9.17) is 0 Å². The summed E-state index contributed by atoms with van der Waals surface area (Å²) in [5.74, 6) is 0. The van der Waals surface area contributed by atoms with Crippen molar-refractivity contribution >= 4 is 17.8 Å². The Kier molecular flexibility index (Phi) is 5.83. The molecule has 3 aromatic rings. The molecule has 3 N–H and O–H groups in total. The number of hydrogen-bond acceptors (Lipinski definition) is 2. The summed E-state index contributed by atoms with van der Waals surface area (Å²) in [4.78, 5) is 19.0. The van der Waals surface area contributed by atoms with Crippen LogP contribution in [0.1, 0.15) is 22.4 Å². The van der Waals surface area contributed by atoms with Gasteiger partial charge in [-0.05, 0) is 30.2 Å². The minimum absolute atomic E-state index is 0.214. The molecule has 1 heterocycles. The lowest BCUT2D eigenvalue weighted by Gasteiger charge is -2.06. The number of urea groups is 1. The van der Waals surface area contributed by atoms with Crippen molar-refractivity contribution in [2.45, 2.75) is 13.3 Å². The van der Waals surface area contributed by atoms with E-state index in [1.165, 1.54) is 5.56 Å². The van der Waals surface area contributed by atoms with Gasteiger partial charge in [0, 0.05) is 30.5 Å². The molecule has 132 valence electrons. The molecule has 3 rings (SSSR count). The molecule has 0 aliphatic heterocycles. The van der Waals surface area contributed by atoms with Crippen molar-refractivity contribution in [3.63, 3.8) is 0 Å². The van der Waals surface area contributed by atoms with Gasteiger partial charge < -0.3 is 15.6 Å². The molecule has 5 nitrogen and oxygen atoms in total. The maximum atomic E-state index is 11.8. The summed E-state index contributed by atoms with van der Waals surface area (Å²) in [6.07, 6.45) is 8.28. The number of benzene rings is 2. The van der Waals surface area contributed by atoms with Crippen LogP contribution in [0.2, 0.25) is 0 Å². The normalized spacial score (nSPS) is 10.8. The van der Waals surface area contributed by atoms with Crippen LogP contribution < -0.4 is 10.6 Å². The minimum Gasteiger partial charge on any atom is -0.348 e. The quantitative estimate of drug-likeness (QED) is 0.628. The van der Waals surface area contributed by atoms with Gasteiger partial charge in [-0.2, -0.15) is 0 Å². The smallest absolute Gasteiger partial charge is 0.319 e. The number of aryl methyl sites for hydroxylation is 1. The first-order valence-electron chi connectivity index (χ1n) is 8.53. The van der Waals surface area contributed by atoms with Gasteiger partial charge in [0.2, 0.25) is 0 Å². The van der Waals surface area contributed by atoms with Crippen LogP contribution >= 0.6 is 0 Å². The number of rotatable bonds is 6. The summed E-state index contributed by atoms with van der Waals surface area (Å²) in [5.41, 5.74) is 5.36. The zero-order valence-electron chi connectivity index (χ0n) is 14.7. The number of imidazole rings is 1. The molecule has 1 aromatic heterocycles. The Balaban J connectivity index is 1.43. The number of nitrogens with zero attached hydrogens (tertiary/aromatic N) is 1. The maximum absolute atomic E-state index is 11.8. The third-order valence-corrected chi connectivity index (χ3v) is 3.93. The number of aromatic nitrogens is 2. The van der Waals surface area contributed by atoms with E-state index < -0.39 is 0 Å². The van der Waals surface area contributed by atoms with Crippen molar-refractivity contribution < 1.29 is 4.79 Å². The fourth-order valence-electron chi connectivity index (χ4n) is 2.51. The van der Waals surface area contributed by atoms with Crippen LogP contribution in [0, 0.1) is 6.92 Å². The van der Waals surface area contributed by atoms with Crippen LogP contribution in [-0.2, 0) is 6.42 Å². The summed E-state index contributed by atoms with van der Waals surface area (Å²) >= 11 is 0. The van der Waals surface area contributed by atoms with Crippen LogP contribution in [0.5, 0.6) is 0 Å². The molecule has 2 aromatic carbocycles. The van der Waals surface area contributed by atoms with Crippen molar-refractivity contribution in [1.29, 1.82) is 0 Å². The van der Waals surface area contributed by atoms with Gasteiger partial charge in [0.25, 0.3) is 0 Å². The summed E-state index contributed by atoms with van der Waals surface area (Å²) < 4.78 is 0. The molecule has 0 unspecified atom stereocenters. The van der Waals surface area contributed by atoms with Crippen molar-refractivity contribution in [1.82, 2.24) is 15.3 Å². The Morgan fingerprint density at radius 1 is 1.12 bits per heavy atom. The second-order valence-corrected chi connectivity index (χ2v) is 6.10. The highest BCUT2D eigenvalue weighted by atomic mass is 16.2. The number of anilines is 1. The van der Waals surface area contributed by atoms with E-state index in [-0.39, 0.29) is 6.03 Å². The lowest BCUT2D eigenvalue weighted by molar-refractivity contribution is 0.253. The molecule has 0 radical (unpaired) electrons. The predicted molar refractivity (Wildman–Crippen MR) is 105 cm³/mol. The largest absolute Gasteiger partial charge is 0.348 e. The summed E-state index contributed by atoms with van der Waals surface area (Å²) in [6, 6.07) is 15.8. The number of H-pyrrole nitrogens is 1. The minimum atomic E-state index is -0.214. The number of carbonyl (C=O) groups excluding carboxylic acids is 1. The van der Waals surface area contributed by atoms with Crippen LogP contribution in [0.3, 0.4) is 0 Å². The van der Waals surface area contributed by atoms with Gasteiger partial charge in [-0.15, -0.1) is 0 Å². The highest BCUT2D eigenvalue weighted by molar-refractivity contribution is 5.89. The number of carbonyl (C=O) groups is 1. The third-order valence-electron chi connectivity index (χ3n) is 3.93. The molecule has 0 atom stereocenters. The Morgan fingerprint density at radius 3 is 2.58 bits per heavy atom. The highest BCUT2D eigenvalue weighted by Crippen LogP contribution is 2.10. The van der Waals surface area contributed by atoms with Crippen molar-refractivity contribution in [3.05, 3.63) is 89.5 Å². The standard InChI is InChI=1S/C21H22N4O/c1-16-4-10-19(11-5-16)25-21(26)23-12-2-3-17-6-8-18(9-7-17)13-20-14-22-15-24-20/h2-11,14-15H,12-13H2,1H3,(H,22,24)(H2,23,25,26)/b3-2+. The van der Waals surface area contributed by atoms with E-state index >= 15 is 0 Å². The fraction of sp³-hybridized carbons (Fsp3) is 0.143. The van der Waals surface area contributed by atoms with Crippen LogP contribution in [0.15, 0.2) is 67.1 Å².